The monoisotopic (exact) mass is 184 g/mol. The van der Waals surface area contributed by atoms with Gasteiger partial charge >= 0.3 is 0 Å². The number of hydrogen-bond acceptors (Lipinski definition) is 2. The third kappa shape index (κ3) is 3.81. The van der Waals surface area contributed by atoms with Gasteiger partial charge in [-0.15, -0.1) is 0 Å². The zero-order valence-electron chi connectivity index (χ0n) is 8.24. The molecule has 0 radical (unpaired) electrons. The first kappa shape index (κ1) is 10.6. The molecule has 0 spiro atoms. The largest absolute Gasteiger partial charge is 0.502 e. The number of ether oxygens (including phenoxy) is 1. The molecule has 2 unspecified atom stereocenters. The van der Waals surface area contributed by atoms with Gasteiger partial charge in [-0.05, 0) is 37.5 Å². The van der Waals surface area contributed by atoms with Gasteiger partial charge in [-0.2, -0.15) is 0 Å². The van der Waals surface area contributed by atoms with Crippen molar-refractivity contribution < 1.29 is 9.84 Å². The topological polar surface area (TPSA) is 29.5 Å². The summed E-state index contributed by atoms with van der Waals surface area (Å²) in [5, 5.41) is 9.03. The van der Waals surface area contributed by atoms with E-state index in [1.165, 1.54) is 31.9 Å². The van der Waals surface area contributed by atoms with Crippen LogP contribution in [0, 0.1) is 11.8 Å². The van der Waals surface area contributed by atoms with Gasteiger partial charge in [0, 0.05) is 6.61 Å². The van der Waals surface area contributed by atoms with E-state index in [1.54, 1.807) is 0 Å². The summed E-state index contributed by atoms with van der Waals surface area (Å²) in [5.74, 6) is 1.21. The molecule has 1 N–H and O–H groups in total. The second kappa shape index (κ2) is 6.03. The van der Waals surface area contributed by atoms with Crippen LogP contribution < -0.4 is 0 Å². The molecular weight excluding hydrogens is 164 g/mol. The second-order valence-corrected chi connectivity index (χ2v) is 3.92. The van der Waals surface area contributed by atoms with E-state index in [1.807, 2.05) is 0 Å². The zero-order chi connectivity index (χ0) is 9.52. The summed E-state index contributed by atoms with van der Waals surface area (Å²) in [4.78, 5) is 0. The van der Waals surface area contributed by atoms with Crippen molar-refractivity contribution in [3.05, 3.63) is 12.8 Å². The van der Waals surface area contributed by atoms with E-state index in [0.29, 0.717) is 18.4 Å². The molecule has 1 aliphatic rings. The van der Waals surface area contributed by atoms with Crippen molar-refractivity contribution in [2.45, 2.75) is 32.1 Å². The van der Waals surface area contributed by atoms with Crippen LogP contribution in [0.1, 0.15) is 32.1 Å². The van der Waals surface area contributed by atoms with Gasteiger partial charge in [-0.1, -0.05) is 13.0 Å². The predicted octanol–water partition coefficient (Wildman–Crippen LogP) is 2.34. The summed E-state index contributed by atoms with van der Waals surface area (Å²) in [5.41, 5.74) is 0. The molecule has 0 aromatic rings. The lowest BCUT2D eigenvalue weighted by Gasteiger charge is -2.13. The normalized spacial score (nSPS) is 29.3. The SMILES string of the molecule is C=COCC1CCCC(CO)CC1. The zero-order valence-corrected chi connectivity index (χ0v) is 8.24. The van der Waals surface area contributed by atoms with Gasteiger partial charge in [0.1, 0.15) is 0 Å². The van der Waals surface area contributed by atoms with Gasteiger partial charge in [0.2, 0.25) is 0 Å². The molecule has 0 bridgehead atoms. The molecule has 2 nitrogen and oxygen atoms in total. The molecule has 2 heteroatoms. The van der Waals surface area contributed by atoms with Crippen molar-refractivity contribution in [1.82, 2.24) is 0 Å². The molecule has 76 valence electrons. The molecule has 0 aromatic carbocycles. The third-order valence-electron chi connectivity index (χ3n) is 2.92. The van der Waals surface area contributed by atoms with Gasteiger partial charge in [0.05, 0.1) is 12.9 Å². The molecule has 0 aliphatic heterocycles. The Bertz CT molecular complexity index is 145. The molecule has 0 amide bonds. The minimum atomic E-state index is 0.356. The average Bonchev–Trinajstić information content (AvgIpc) is 2.39. The fourth-order valence-corrected chi connectivity index (χ4v) is 2.01. The molecule has 1 saturated carbocycles. The van der Waals surface area contributed by atoms with Crippen molar-refractivity contribution in [2.75, 3.05) is 13.2 Å². The Morgan fingerprint density at radius 1 is 1.23 bits per heavy atom. The van der Waals surface area contributed by atoms with Crippen LogP contribution in [0.2, 0.25) is 0 Å². The number of aliphatic hydroxyl groups excluding tert-OH is 1. The van der Waals surface area contributed by atoms with Crippen LogP contribution in [0.3, 0.4) is 0 Å². The Morgan fingerprint density at radius 2 is 1.92 bits per heavy atom. The molecule has 0 heterocycles. The maximum Gasteiger partial charge on any atom is 0.0901 e. The highest BCUT2D eigenvalue weighted by atomic mass is 16.5. The van der Waals surface area contributed by atoms with Gasteiger partial charge in [-0.25, -0.2) is 0 Å². The second-order valence-electron chi connectivity index (χ2n) is 3.92. The summed E-state index contributed by atoms with van der Waals surface area (Å²) in [7, 11) is 0. The summed E-state index contributed by atoms with van der Waals surface area (Å²) < 4.78 is 5.20. The first-order valence-electron chi connectivity index (χ1n) is 5.20. The smallest absolute Gasteiger partial charge is 0.0901 e. The van der Waals surface area contributed by atoms with Gasteiger partial charge in [0.25, 0.3) is 0 Å². The fraction of sp³-hybridized carbons (Fsp3) is 0.818. The van der Waals surface area contributed by atoms with Crippen molar-refractivity contribution in [2.24, 2.45) is 11.8 Å². The lowest BCUT2D eigenvalue weighted by Crippen LogP contribution is -2.07. The van der Waals surface area contributed by atoms with E-state index in [4.69, 9.17) is 9.84 Å². The standard InChI is InChI=1S/C11H20O2/c1-2-13-9-11-5-3-4-10(8-12)6-7-11/h2,10-12H,1,3-9H2. The first-order valence-corrected chi connectivity index (χ1v) is 5.20. The molecular formula is C11H20O2. The minimum absolute atomic E-state index is 0.356. The maximum atomic E-state index is 9.03. The Morgan fingerprint density at radius 3 is 2.62 bits per heavy atom. The Labute approximate surface area is 80.6 Å². The van der Waals surface area contributed by atoms with Crippen LogP contribution in [0.15, 0.2) is 12.8 Å². The molecule has 0 aromatic heterocycles. The van der Waals surface area contributed by atoms with E-state index >= 15 is 0 Å². The Balaban J connectivity index is 2.23. The van der Waals surface area contributed by atoms with Crippen LogP contribution in [0.5, 0.6) is 0 Å². The third-order valence-corrected chi connectivity index (χ3v) is 2.92. The molecule has 1 aliphatic carbocycles. The summed E-state index contributed by atoms with van der Waals surface area (Å²) in [6, 6.07) is 0. The van der Waals surface area contributed by atoms with Crippen LogP contribution in [-0.4, -0.2) is 18.3 Å². The van der Waals surface area contributed by atoms with Crippen LogP contribution in [-0.2, 0) is 4.74 Å². The molecule has 1 fully saturated rings. The van der Waals surface area contributed by atoms with Crippen molar-refractivity contribution >= 4 is 0 Å². The van der Waals surface area contributed by atoms with E-state index in [-0.39, 0.29) is 0 Å². The fourth-order valence-electron chi connectivity index (χ4n) is 2.01. The number of hydrogen-bond donors (Lipinski definition) is 1. The highest BCUT2D eigenvalue weighted by molar-refractivity contribution is 4.70. The summed E-state index contributed by atoms with van der Waals surface area (Å²) >= 11 is 0. The van der Waals surface area contributed by atoms with E-state index < -0.39 is 0 Å². The van der Waals surface area contributed by atoms with Gasteiger partial charge in [-0.3, -0.25) is 0 Å². The van der Waals surface area contributed by atoms with Gasteiger partial charge in [0.15, 0.2) is 0 Å². The van der Waals surface area contributed by atoms with Crippen molar-refractivity contribution in [3.8, 4) is 0 Å². The minimum Gasteiger partial charge on any atom is -0.502 e. The quantitative estimate of drug-likeness (QED) is 0.537. The summed E-state index contributed by atoms with van der Waals surface area (Å²) in [6.07, 6.45) is 7.52. The van der Waals surface area contributed by atoms with Gasteiger partial charge < -0.3 is 9.84 Å². The molecule has 0 saturated heterocycles. The predicted molar refractivity (Wildman–Crippen MR) is 53.3 cm³/mol. The number of aliphatic hydroxyl groups is 1. The lowest BCUT2D eigenvalue weighted by atomic mass is 9.99. The van der Waals surface area contributed by atoms with E-state index in [9.17, 15) is 0 Å². The van der Waals surface area contributed by atoms with Crippen LogP contribution in [0.4, 0.5) is 0 Å². The highest BCUT2D eigenvalue weighted by Crippen LogP contribution is 2.27. The van der Waals surface area contributed by atoms with Crippen molar-refractivity contribution in [1.29, 1.82) is 0 Å². The van der Waals surface area contributed by atoms with Crippen molar-refractivity contribution in [3.63, 3.8) is 0 Å². The van der Waals surface area contributed by atoms with E-state index in [2.05, 4.69) is 6.58 Å². The molecule has 1 rings (SSSR count). The average molecular weight is 184 g/mol. The van der Waals surface area contributed by atoms with E-state index in [0.717, 1.165) is 13.0 Å². The highest BCUT2D eigenvalue weighted by Gasteiger charge is 2.18. The van der Waals surface area contributed by atoms with Crippen LogP contribution in [0.25, 0.3) is 0 Å². The maximum absolute atomic E-state index is 9.03. The number of rotatable bonds is 4. The Kier molecular flexibility index (Phi) is 4.91. The molecule has 2 atom stereocenters. The van der Waals surface area contributed by atoms with Crippen LogP contribution >= 0.6 is 0 Å². The first-order chi connectivity index (χ1) is 6.36. The lowest BCUT2D eigenvalue weighted by molar-refractivity contribution is 0.178. The summed E-state index contributed by atoms with van der Waals surface area (Å²) in [6.45, 7) is 4.70. The molecule has 13 heavy (non-hydrogen) atoms. The Hall–Kier alpha value is -0.500.